The van der Waals surface area contributed by atoms with E-state index in [1.54, 1.807) is 18.3 Å². The molecule has 2 N–H and O–H groups in total. The van der Waals surface area contributed by atoms with Crippen molar-refractivity contribution in [3.63, 3.8) is 0 Å². The van der Waals surface area contributed by atoms with E-state index in [-0.39, 0.29) is 12.1 Å². The molecule has 2 fully saturated rings. The minimum Gasteiger partial charge on any atom is -0.491 e. The van der Waals surface area contributed by atoms with E-state index in [1.807, 2.05) is 39.1 Å². The average molecular weight is 599 g/mol. The summed E-state index contributed by atoms with van der Waals surface area (Å²) in [5.74, 6) is 2.94. The second-order valence-electron chi connectivity index (χ2n) is 12.8. The van der Waals surface area contributed by atoms with E-state index in [0.717, 1.165) is 65.2 Å². The van der Waals surface area contributed by atoms with Gasteiger partial charge in [-0.2, -0.15) is 0 Å². The van der Waals surface area contributed by atoms with Crippen molar-refractivity contribution < 1.29 is 14.3 Å². The molecule has 1 saturated heterocycles. The number of amides is 1. The van der Waals surface area contributed by atoms with Crippen LogP contribution in [0, 0.1) is 5.92 Å². The van der Waals surface area contributed by atoms with Crippen molar-refractivity contribution in [3.05, 3.63) is 59.9 Å². The molecule has 1 unspecified atom stereocenters. The Morgan fingerprint density at radius 2 is 1.89 bits per heavy atom. The maximum Gasteiger partial charge on any atom is 0.410 e. The van der Waals surface area contributed by atoms with E-state index in [1.165, 1.54) is 18.4 Å². The minimum absolute atomic E-state index is 0.197. The largest absolute Gasteiger partial charge is 0.491 e. The summed E-state index contributed by atoms with van der Waals surface area (Å²) in [6.45, 7) is 11.7. The lowest BCUT2D eigenvalue weighted by molar-refractivity contribution is 0.0110. The molecule has 1 aliphatic heterocycles. The Morgan fingerprint density at radius 3 is 2.61 bits per heavy atom. The highest BCUT2D eigenvalue weighted by molar-refractivity contribution is 5.83. The number of aromatic amines is 1. The molecule has 1 amide bonds. The fourth-order valence-electron chi connectivity index (χ4n) is 5.61. The number of pyridine rings is 1. The molecule has 2 aliphatic rings. The van der Waals surface area contributed by atoms with Crippen molar-refractivity contribution in [3.8, 4) is 17.0 Å². The predicted molar refractivity (Wildman–Crippen MR) is 170 cm³/mol. The van der Waals surface area contributed by atoms with Gasteiger partial charge in [-0.15, -0.1) is 0 Å². The van der Waals surface area contributed by atoms with Crippen LogP contribution in [0.15, 0.2) is 42.9 Å². The number of rotatable bonds is 9. The molecule has 0 radical (unpaired) electrons. The number of methoxy groups -OCH3 is 1. The lowest BCUT2D eigenvalue weighted by Crippen LogP contribution is -2.50. The number of imidazole rings is 1. The Kier molecular flexibility index (Phi) is 8.40. The van der Waals surface area contributed by atoms with Gasteiger partial charge in [-0.05, 0) is 76.3 Å². The molecule has 3 aromatic heterocycles. The first-order valence-electron chi connectivity index (χ1n) is 15.5. The van der Waals surface area contributed by atoms with Crippen LogP contribution in [-0.2, 0) is 11.2 Å². The molecule has 0 bridgehead atoms. The molecular formula is C33H42N8O3. The number of carbonyl (C=O) groups is 1. The Balaban J connectivity index is 1.12. The second kappa shape index (κ2) is 12.4. The summed E-state index contributed by atoms with van der Waals surface area (Å²) in [7, 11) is 1.66. The van der Waals surface area contributed by atoms with Crippen molar-refractivity contribution in [2.75, 3.05) is 45.2 Å². The summed E-state index contributed by atoms with van der Waals surface area (Å²) in [4.78, 5) is 38.6. The molecule has 11 heteroatoms. The van der Waals surface area contributed by atoms with Crippen molar-refractivity contribution in [2.45, 2.75) is 58.6 Å². The van der Waals surface area contributed by atoms with Gasteiger partial charge in [0.25, 0.3) is 0 Å². The number of nitrogens with one attached hydrogen (secondary N) is 2. The van der Waals surface area contributed by atoms with Crippen LogP contribution in [0.25, 0.3) is 22.3 Å². The highest BCUT2D eigenvalue weighted by Gasteiger charge is 2.28. The van der Waals surface area contributed by atoms with Crippen LogP contribution in [0.4, 0.5) is 10.6 Å². The molecule has 6 rings (SSSR count). The lowest BCUT2D eigenvalue weighted by atomic mass is 10.1. The van der Waals surface area contributed by atoms with Gasteiger partial charge in [-0.1, -0.05) is 6.07 Å². The number of piperazine rings is 1. The molecule has 44 heavy (non-hydrogen) atoms. The Morgan fingerprint density at radius 1 is 1.09 bits per heavy atom. The predicted octanol–water partition coefficient (Wildman–Crippen LogP) is 5.45. The highest BCUT2D eigenvalue weighted by Crippen LogP contribution is 2.36. The zero-order valence-corrected chi connectivity index (χ0v) is 26.3. The number of H-pyrrole nitrogens is 1. The van der Waals surface area contributed by atoms with Gasteiger partial charge in [0.05, 0.1) is 18.1 Å². The summed E-state index contributed by atoms with van der Waals surface area (Å²) in [5, 5.41) is 3.42. The molecule has 0 spiro atoms. The molecule has 4 heterocycles. The fourth-order valence-corrected chi connectivity index (χ4v) is 5.61. The Hall–Kier alpha value is -4.25. The molecular weight excluding hydrogens is 556 g/mol. The van der Waals surface area contributed by atoms with Crippen molar-refractivity contribution in [2.24, 2.45) is 5.92 Å². The summed E-state index contributed by atoms with van der Waals surface area (Å²) >= 11 is 0. The van der Waals surface area contributed by atoms with Gasteiger partial charge in [-0.25, -0.2) is 19.7 Å². The first kappa shape index (κ1) is 29.8. The SMILES string of the molecule is COc1c(NCC2CC2)ncnc1-c1ccc2nc(Cc3cc(C(C)N4CCN(C(=O)OC(C)(C)C)CC4)ccn3)[nH]c2c1. The maximum absolute atomic E-state index is 12.5. The van der Waals surface area contributed by atoms with Crippen LogP contribution in [0.5, 0.6) is 5.75 Å². The first-order chi connectivity index (χ1) is 21.2. The topological polar surface area (TPSA) is 121 Å². The van der Waals surface area contributed by atoms with Crippen LogP contribution >= 0.6 is 0 Å². The average Bonchev–Trinajstić information content (AvgIpc) is 3.76. The monoisotopic (exact) mass is 598 g/mol. The van der Waals surface area contributed by atoms with Crippen LogP contribution in [0.2, 0.25) is 0 Å². The van der Waals surface area contributed by atoms with E-state index >= 15 is 0 Å². The second-order valence-corrected chi connectivity index (χ2v) is 12.8. The van der Waals surface area contributed by atoms with Gasteiger partial charge in [0.1, 0.15) is 23.4 Å². The van der Waals surface area contributed by atoms with Crippen LogP contribution in [0.3, 0.4) is 0 Å². The molecule has 1 atom stereocenters. The third-order valence-electron chi connectivity index (χ3n) is 8.25. The Bertz CT molecular complexity index is 1620. The number of aromatic nitrogens is 5. The number of benzene rings is 1. The summed E-state index contributed by atoms with van der Waals surface area (Å²) in [6.07, 6.45) is 6.32. The summed E-state index contributed by atoms with van der Waals surface area (Å²) in [6, 6.07) is 10.5. The molecule has 1 aromatic carbocycles. The van der Waals surface area contributed by atoms with Crippen molar-refractivity contribution in [1.29, 1.82) is 0 Å². The van der Waals surface area contributed by atoms with Gasteiger partial charge in [0.15, 0.2) is 11.6 Å². The van der Waals surface area contributed by atoms with E-state index < -0.39 is 5.60 Å². The number of nitrogens with zero attached hydrogens (tertiary/aromatic N) is 6. The Labute approximate surface area is 258 Å². The third-order valence-corrected chi connectivity index (χ3v) is 8.25. The van der Waals surface area contributed by atoms with E-state index in [2.05, 4.69) is 55.3 Å². The standard InChI is InChI=1S/C33H42N8O3/c1-21(40-12-14-41(15-13-40)32(42)44-33(2,3)4)23-10-11-34-25(16-23)18-28-38-26-9-8-24(17-27(26)39-28)29-30(43-5)31(37-20-36-29)35-19-22-6-7-22/h8-11,16-17,20-22H,6-7,12-15,18-19H2,1-5H3,(H,38,39)(H,35,36,37). The number of carbonyl (C=O) groups excluding carboxylic acids is 1. The van der Waals surface area contributed by atoms with Gasteiger partial charge in [0.2, 0.25) is 0 Å². The number of fused-ring (bicyclic) bond motifs is 1. The smallest absolute Gasteiger partial charge is 0.410 e. The molecule has 11 nitrogen and oxygen atoms in total. The normalized spacial score (nSPS) is 16.6. The molecule has 232 valence electrons. The maximum atomic E-state index is 12.5. The molecule has 1 saturated carbocycles. The minimum atomic E-state index is -0.488. The van der Waals surface area contributed by atoms with Crippen LogP contribution in [0.1, 0.15) is 63.7 Å². The molecule has 4 aromatic rings. The summed E-state index contributed by atoms with van der Waals surface area (Å²) < 4.78 is 11.3. The van der Waals surface area contributed by atoms with Gasteiger partial charge in [0, 0.05) is 62.6 Å². The zero-order chi connectivity index (χ0) is 30.8. The van der Waals surface area contributed by atoms with Gasteiger partial charge < -0.3 is 24.7 Å². The first-order valence-corrected chi connectivity index (χ1v) is 15.5. The van der Waals surface area contributed by atoms with E-state index in [4.69, 9.17) is 14.5 Å². The number of hydrogen-bond donors (Lipinski definition) is 2. The summed E-state index contributed by atoms with van der Waals surface area (Å²) in [5.41, 5.74) is 5.15. The van der Waals surface area contributed by atoms with Gasteiger partial charge in [-0.3, -0.25) is 9.88 Å². The molecule has 1 aliphatic carbocycles. The fraction of sp³-hybridized carbons (Fsp3) is 0.485. The van der Waals surface area contributed by atoms with Gasteiger partial charge >= 0.3 is 6.09 Å². The van der Waals surface area contributed by atoms with E-state index in [9.17, 15) is 4.79 Å². The van der Waals surface area contributed by atoms with E-state index in [0.29, 0.717) is 25.3 Å². The van der Waals surface area contributed by atoms with Crippen LogP contribution < -0.4 is 10.1 Å². The quantitative estimate of drug-likeness (QED) is 0.259. The number of hydrogen-bond acceptors (Lipinski definition) is 9. The number of anilines is 1. The zero-order valence-electron chi connectivity index (χ0n) is 26.3. The number of ether oxygens (including phenoxy) is 2. The van der Waals surface area contributed by atoms with Crippen molar-refractivity contribution >= 4 is 22.9 Å². The third kappa shape index (κ3) is 6.93. The lowest BCUT2D eigenvalue weighted by Gasteiger charge is -2.38. The highest BCUT2D eigenvalue weighted by atomic mass is 16.6. The van der Waals surface area contributed by atoms with Crippen LogP contribution in [-0.4, -0.2) is 86.2 Å². The van der Waals surface area contributed by atoms with Crippen molar-refractivity contribution in [1.82, 2.24) is 34.7 Å².